The fraction of sp³-hybridized carbons (Fsp3) is 0.333. The van der Waals surface area contributed by atoms with Crippen molar-refractivity contribution in [3.8, 4) is 0 Å². The van der Waals surface area contributed by atoms with E-state index >= 15 is 0 Å². The molecule has 1 heterocycles. The van der Waals surface area contributed by atoms with Crippen LogP contribution in [0.25, 0.3) is 0 Å². The van der Waals surface area contributed by atoms with Gasteiger partial charge in [-0.2, -0.15) is 4.31 Å². The monoisotopic (exact) mass is 413 g/mol. The van der Waals surface area contributed by atoms with Crippen LogP contribution in [0.3, 0.4) is 0 Å². The molecule has 2 aromatic rings. The van der Waals surface area contributed by atoms with Gasteiger partial charge in [-0.3, -0.25) is 9.59 Å². The first-order chi connectivity index (χ1) is 13.8. The zero-order valence-electron chi connectivity index (χ0n) is 16.1. The number of anilines is 1. The summed E-state index contributed by atoms with van der Waals surface area (Å²) < 4.78 is 27.2. The van der Waals surface area contributed by atoms with E-state index in [1.54, 1.807) is 36.4 Å². The Balaban J connectivity index is 1.46. The van der Waals surface area contributed by atoms with E-state index in [0.29, 0.717) is 30.1 Å². The van der Waals surface area contributed by atoms with Crippen molar-refractivity contribution < 1.29 is 18.0 Å². The summed E-state index contributed by atoms with van der Waals surface area (Å²) in [5.41, 5.74) is 2.86. The van der Waals surface area contributed by atoms with E-state index in [-0.39, 0.29) is 23.3 Å². The van der Waals surface area contributed by atoms with Crippen molar-refractivity contribution in [2.24, 2.45) is 0 Å². The molecule has 0 unspecified atom stereocenters. The topological polar surface area (TPSA) is 95.6 Å². The molecular weight excluding hydrogens is 390 g/mol. The Morgan fingerprint density at radius 2 is 1.86 bits per heavy atom. The summed E-state index contributed by atoms with van der Waals surface area (Å²) in [6.07, 6.45) is 2.94. The van der Waals surface area contributed by atoms with Crippen molar-refractivity contribution in [2.45, 2.75) is 43.2 Å². The molecule has 2 amide bonds. The van der Waals surface area contributed by atoms with Gasteiger partial charge in [0, 0.05) is 37.3 Å². The van der Waals surface area contributed by atoms with Crippen LogP contribution in [-0.2, 0) is 27.8 Å². The summed E-state index contributed by atoms with van der Waals surface area (Å²) in [6, 6.07) is 12.1. The summed E-state index contributed by atoms with van der Waals surface area (Å²) >= 11 is 0. The fourth-order valence-corrected chi connectivity index (χ4v) is 4.51. The maximum Gasteiger partial charge on any atom is 0.251 e. The standard InChI is InChI=1S/C21H23N3O4S/c1-24(13-14-2-4-15(5-3-14)21(26)22-17-7-8-17)29(27,28)18-9-10-19-16(12-18)6-11-20(25)23-19/h2-5,9-10,12,17H,6-8,11,13H2,1H3,(H,22,26)(H,23,25). The second-order valence-electron chi connectivity index (χ2n) is 7.57. The van der Waals surface area contributed by atoms with Gasteiger partial charge in [0.05, 0.1) is 4.90 Å². The average molecular weight is 413 g/mol. The predicted molar refractivity (Wildman–Crippen MR) is 109 cm³/mol. The Labute approximate surface area is 170 Å². The van der Waals surface area contributed by atoms with Gasteiger partial charge in [0.1, 0.15) is 0 Å². The lowest BCUT2D eigenvalue weighted by Gasteiger charge is -2.21. The zero-order valence-corrected chi connectivity index (χ0v) is 17.0. The lowest BCUT2D eigenvalue weighted by molar-refractivity contribution is -0.116. The molecule has 2 aliphatic rings. The summed E-state index contributed by atoms with van der Waals surface area (Å²) in [5.74, 6) is -0.152. The lowest BCUT2D eigenvalue weighted by Crippen LogP contribution is -2.27. The van der Waals surface area contributed by atoms with Crippen LogP contribution in [0.15, 0.2) is 47.4 Å². The van der Waals surface area contributed by atoms with E-state index in [4.69, 9.17) is 0 Å². The first-order valence-electron chi connectivity index (χ1n) is 9.62. The van der Waals surface area contributed by atoms with Gasteiger partial charge < -0.3 is 10.6 Å². The summed E-state index contributed by atoms with van der Waals surface area (Å²) in [6.45, 7) is 0.195. The summed E-state index contributed by atoms with van der Waals surface area (Å²) in [4.78, 5) is 23.7. The van der Waals surface area contributed by atoms with E-state index in [1.807, 2.05) is 0 Å². The molecule has 29 heavy (non-hydrogen) atoms. The highest BCUT2D eigenvalue weighted by atomic mass is 32.2. The number of amides is 2. The molecule has 1 aliphatic carbocycles. The van der Waals surface area contributed by atoms with Crippen molar-refractivity contribution in [3.63, 3.8) is 0 Å². The zero-order chi connectivity index (χ0) is 20.6. The molecule has 0 aromatic heterocycles. The average Bonchev–Trinajstić information content (AvgIpc) is 3.52. The minimum absolute atomic E-state index is 0.0560. The van der Waals surface area contributed by atoms with Crippen LogP contribution in [0.4, 0.5) is 5.69 Å². The van der Waals surface area contributed by atoms with Crippen molar-refractivity contribution >= 4 is 27.5 Å². The van der Waals surface area contributed by atoms with Crippen LogP contribution < -0.4 is 10.6 Å². The molecule has 1 fully saturated rings. The maximum absolute atomic E-state index is 13.0. The molecular formula is C21H23N3O4S. The Morgan fingerprint density at radius 1 is 1.14 bits per heavy atom. The molecule has 7 nitrogen and oxygen atoms in total. The maximum atomic E-state index is 13.0. The highest BCUT2D eigenvalue weighted by Gasteiger charge is 2.25. The number of sulfonamides is 1. The second-order valence-corrected chi connectivity index (χ2v) is 9.62. The van der Waals surface area contributed by atoms with Crippen molar-refractivity contribution in [1.29, 1.82) is 0 Å². The molecule has 0 bridgehead atoms. The molecule has 0 radical (unpaired) electrons. The third kappa shape index (κ3) is 4.33. The summed E-state index contributed by atoms with van der Waals surface area (Å²) in [5, 5.41) is 5.69. The smallest absolute Gasteiger partial charge is 0.251 e. The Morgan fingerprint density at radius 3 is 2.55 bits per heavy atom. The molecule has 0 spiro atoms. The first-order valence-corrected chi connectivity index (χ1v) is 11.1. The lowest BCUT2D eigenvalue weighted by atomic mass is 10.0. The van der Waals surface area contributed by atoms with Gasteiger partial charge in [-0.05, 0) is 60.7 Å². The highest BCUT2D eigenvalue weighted by molar-refractivity contribution is 7.89. The van der Waals surface area contributed by atoms with Crippen LogP contribution in [0, 0.1) is 0 Å². The van der Waals surface area contributed by atoms with Gasteiger partial charge in [-0.15, -0.1) is 0 Å². The molecule has 1 saturated carbocycles. The number of hydrogen-bond acceptors (Lipinski definition) is 4. The number of hydrogen-bond donors (Lipinski definition) is 2. The van der Waals surface area contributed by atoms with Gasteiger partial charge in [-0.1, -0.05) is 12.1 Å². The largest absolute Gasteiger partial charge is 0.349 e. The predicted octanol–water partition coefficient (Wildman–Crippen LogP) is 2.28. The molecule has 4 rings (SSSR count). The van der Waals surface area contributed by atoms with Gasteiger partial charge in [0.25, 0.3) is 5.91 Å². The van der Waals surface area contributed by atoms with Gasteiger partial charge in [0.2, 0.25) is 15.9 Å². The number of aryl methyl sites for hydroxylation is 1. The van der Waals surface area contributed by atoms with E-state index in [9.17, 15) is 18.0 Å². The number of fused-ring (bicyclic) bond motifs is 1. The number of benzene rings is 2. The number of carbonyl (C=O) groups excluding carboxylic acids is 2. The number of nitrogens with zero attached hydrogens (tertiary/aromatic N) is 1. The van der Waals surface area contributed by atoms with Crippen LogP contribution in [-0.4, -0.2) is 37.6 Å². The van der Waals surface area contributed by atoms with Crippen molar-refractivity contribution in [3.05, 3.63) is 59.2 Å². The third-order valence-corrected chi connectivity index (χ3v) is 7.01. The van der Waals surface area contributed by atoms with Gasteiger partial charge in [-0.25, -0.2) is 8.42 Å². The van der Waals surface area contributed by atoms with E-state index in [2.05, 4.69) is 10.6 Å². The molecule has 2 N–H and O–H groups in total. The minimum atomic E-state index is -3.68. The molecule has 8 heteroatoms. The van der Waals surface area contributed by atoms with Crippen LogP contribution in [0.5, 0.6) is 0 Å². The number of carbonyl (C=O) groups is 2. The van der Waals surface area contributed by atoms with Crippen molar-refractivity contribution in [2.75, 3.05) is 12.4 Å². The molecule has 1 aliphatic heterocycles. The number of rotatable bonds is 6. The molecule has 152 valence electrons. The van der Waals surface area contributed by atoms with Crippen LogP contribution in [0.2, 0.25) is 0 Å². The number of nitrogens with one attached hydrogen (secondary N) is 2. The van der Waals surface area contributed by atoms with E-state index in [0.717, 1.165) is 24.0 Å². The minimum Gasteiger partial charge on any atom is -0.349 e. The van der Waals surface area contributed by atoms with Gasteiger partial charge in [0.15, 0.2) is 0 Å². The Kier molecular flexibility index (Phi) is 5.14. The molecule has 0 atom stereocenters. The normalized spacial score (nSPS) is 16.3. The Hall–Kier alpha value is -2.71. The highest BCUT2D eigenvalue weighted by Crippen LogP contribution is 2.27. The molecule has 0 saturated heterocycles. The quantitative estimate of drug-likeness (QED) is 0.760. The SMILES string of the molecule is CN(Cc1ccc(C(=O)NC2CC2)cc1)S(=O)(=O)c1ccc2c(c1)CCC(=O)N2. The van der Waals surface area contributed by atoms with E-state index in [1.165, 1.54) is 17.4 Å². The van der Waals surface area contributed by atoms with Crippen molar-refractivity contribution in [1.82, 2.24) is 9.62 Å². The third-order valence-electron chi connectivity index (χ3n) is 5.21. The first kappa shape index (κ1) is 19.6. The molecule has 2 aromatic carbocycles. The van der Waals surface area contributed by atoms with Gasteiger partial charge >= 0.3 is 0 Å². The van der Waals surface area contributed by atoms with Crippen LogP contribution in [0.1, 0.15) is 40.7 Å². The fourth-order valence-electron chi connectivity index (χ4n) is 3.30. The summed E-state index contributed by atoms with van der Waals surface area (Å²) in [7, 11) is -2.14. The van der Waals surface area contributed by atoms with Crippen LogP contribution >= 0.6 is 0 Å². The second kappa shape index (κ2) is 7.61. The Bertz CT molecular complexity index is 1060. The van der Waals surface area contributed by atoms with E-state index < -0.39 is 10.0 Å².